The maximum Gasteiger partial charge on any atom is 0.280 e. The summed E-state index contributed by atoms with van der Waals surface area (Å²) in [5.74, 6) is -0.552. The highest BCUT2D eigenvalue weighted by atomic mass is 79.9. The van der Waals surface area contributed by atoms with Gasteiger partial charge < -0.3 is 10.1 Å². The molecule has 0 radical (unpaired) electrons. The van der Waals surface area contributed by atoms with E-state index in [-0.39, 0.29) is 5.88 Å². The van der Waals surface area contributed by atoms with E-state index in [1.807, 2.05) is 0 Å². The topological polar surface area (TPSA) is 91.2 Å². The van der Waals surface area contributed by atoms with Crippen LogP contribution in [0.1, 0.15) is 5.56 Å². The molecule has 8 heteroatoms. The van der Waals surface area contributed by atoms with Gasteiger partial charge in [0.25, 0.3) is 5.91 Å². The summed E-state index contributed by atoms with van der Waals surface area (Å²) < 4.78 is 1.48. The lowest BCUT2D eigenvalue weighted by Gasteiger charge is -2.00. The van der Waals surface area contributed by atoms with Crippen LogP contribution < -0.4 is 10.7 Å². The van der Waals surface area contributed by atoms with Gasteiger partial charge in [-0.15, -0.1) is 0 Å². The van der Waals surface area contributed by atoms with E-state index >= 15 is 0 Å². The Morgan fingerprint density at radius 2 is 1.82 bits per heavy atom. The molecule has 3 aromatic heterocycles. The Hall–Kier alpha value is -2.06. The van der Waals surface area contributed by atoms with Crippen LogP contribution in [-0.2, 0) is 4.79 Å². The number of H-pyrrole nitrogens is 1. The van der Waals surface area contributed by atoms with Crippen LogP contribution in [0.4, 0.5) is 0 Å². The molecule has 4 heterocycles. The Morgan fingerprint density at radius 1 is 1.09 bits per heavy atom. The fraction of sp³-hybridized carbons (Fsp3) is 0. The number of amides is 1. The maximum atomic E-state index is 12.3. The summed E-state index contributed by atoms with van der Waals surface area (Å²) in [6.07, 6.45) is 3.19. The zero-order chi connectivity index (χ0) is 15.4. The Balaban J connectivity index is 2.18. The van der Waals surface area contributed by atoms with E-state index in [0.717, 1.165) is 8.95 Å². The van der Waals surface area contributed by atoms with E-state index in [0.29, 0.717) is 32.9 Å². The normalized spacial score (nSPS) is 13.5. The molecule has 1 amide bonds. The fourth-order valence-electron chi connectivity index (χ4n) is 2.50. The molecule has 22 heavy (non-hydrogen) atoms. The molecule has 2 N–H and O–H groups in total. The Morgan fingerprint density at radius 3 is 2.64 bits per heavy atom. The predicted octanol–water partition coefficient (Wildman–Crippen LogP) is 1.55. The van der Waals surface area contributed by atoms with Gasteiger partial charge in [0.05, 0.1) is 11.1 Å². The largest absolute Gasteiger partial charge is 0.494 e. The number of hydrogen-bond acceptors (Lipinski definition) is 4. The summed E-state index contributed by atoms with van der Waals surface area (Å²) in [6.45, 7) is 0. The second-order valence-corrected chi connectivity index (χ2v) is 6.55. The van der Waals surface area contributed by atoms with E-state index in [2.05, 4.69) is 51.8 Å². The molecule has 6 nitrogen and oxygen atoms in total. The van der Waals surface area contributed by atoms with E-state index in [9.17, 15) is 9.90 Å². The third-order valence-corrected chi connectivity index (χ3v) is 4.24. The molecule has 0 saturated heterocycles. The minimum atomic E-state index is -0.434. The van der Waals surface area contributed by atoms with Crippen LogP contribution in [0.25, 0.3) is 16.6 Å². The molecule has 0 spiro atoms. The molecule has 0 unspecified atom stereocenters. The molecule has 0 fully saturated rings. The SMILES string of the molecule is O=C1N=c2ncc(Br)cc2=C1c1c(O)[nH]c2ncc(Br)cc12. The first-order valence-electron chi connectivity index (χ1n) is 6.20. The minimum Gasteiger partial charge on any atom is -0.494 e. The highest BCUT2D eigenvalue weighted by molar-refractivity contribution is 9.10. The average Bonchev–Trinajstić information content (AvgIpc) is 2.94. The second-order valence-electron chi connectivity index (χ2n) is 4.71. The number of nitrogens with zero attached hydrogens (tertiary/aromatic N) is 3. The molecule has 0 saturated carbocycles. The molecule has 3 aromatic rings. The van der Waals surface area contributed by atoms with E-state index in [1.165, 1.54) is 0 Å². The van der Waals surface area contributed by atoms with Crippen molar-refractivity contribution in [3.63, 3.8) is 0 Å². The Kier molecular flexibility index (Phi) is 2.92. The smallest absolute Gasteiger partial charge is 0.280 e. The minimum absolute atomic E-state index is 0.119. The van der Waals surface area contributed by atoms with Gasteiger partial charge >= 0.3 is 0 Å². The van der Waals surface area contributed by atoms with Gasteiger partial charge in [-0.1, -0.05) is 0 Å². The Labute approximate surface area is 139 Å². The number of aromatic hydroxyl groups is 1. The quantitative estimate of drug-likeness (QED) is 0.623. The Bertz CT molecular complexity index is 1090. The molecule has 108 valence electrons. The van der Waals surface area contributed by atoms with Gasteiger partial charge in [-0.25, -0.2) is 9.97 Å². The first kappa shape index (κ1) is 13.6. The van der Waals surface area contributed by atoms with Crippen molar-refractivity contribution in [3.8, 4) is 5.88 Å². The van der Waals surface area contributed by atoms with Crippen LogP contribution in [0.2, 0.25) is 0 Å². The summed E-state index contributed by atoms with van der Waals surface area (Å²) in [4.78, 5) is 27.3. The van der Waals surface area contributed by atoms with Crippen molar-refractivity contribution >= 4 is 54.4 Å². The predicted molar refractivity (Wildman–Crippen MR) is 85.7 cm³/mol. The van der Waals surface area contributed by atoms with E-state index < -0.39 is 5.91 Å². The standard InChI is InChI=1S/C14H6Br2N4O2/c15-5-1-7-9(13(21)19-11(7)17-3-5)10-8-2-6(16)4-18-12(8)20-14(10)22/h1-4,21H,(H,17,19). The van der Waals surface area contributed by atoms with Crippen molar-refractivity contribution in [2.45, 2.75) is 0 Å². The number of fused-ring (bicyclic) bond motifs is 2. The van der Waals surface area contributed by atoms with Crippen LogP contribution in [-0.4, -0.2) is 26.0 Å². The van der Waals surface area contributed by atoms with Gasteiger partial charge in [0, 0.05) is 31.9 Å². The number of aromatic amines is 1. The van der Waals surface area contributed by atoms with E-state index in [4.69, 9.17) is 0 Å². The molecule has 1 aliphatic rings. The van der Waals surface area contributed by atoms with Gasteiger partial charge in [-0.05, 0) is 44.0 Å². The summed E-state index contributed by atoms with van der Waals surface area (Å²) in [5.41, 5.74) is 1.54. The zero-order valence-electron chi connectivity index (χ0n) is 10.8. The number of nitrogens with one attached hydrogen (secondary N) is 1. The molecule has 1 aliphatic heterocycles. The number of pyridine rings is 2. The van der Waals surface area contributed by atoms with Gasteiger partial charge in [0.2, 0.25) is 0 Å². The second kappa shape index (κ2) is 4.72. The molecule has 4 rings (SSSR count). The van der Waals surface area contributed by atoms with Crippen molar-refractivity contribution in [2.75, 3.05) is 0 Å². The highest BCUT2D eigenvalue weighted by Crippen LogP contribution is 2.33. The van der Waals surface area contributed by atoms with Crippen LogP contribution in [0.3, 0.4) is 0 Å². The monoisotopic (exact) mass is 420 g/mol. The third kappa shape index (κ3) is 1.91. The van der Waals surface area contributed by atoms with Crippen molar-refractivity contribution in [3.05, 3.63) is 49.7 Å². The summed E-state index contributed by atoms with van der Waals surface area (Å²) >= 11 is 6.68. The molecule has 0 aliphatic carbocycles. The van der Waals surface area contributed by atoms with Gasteiger partial charge in [-0.3, -0.25) is 4.79 Å². The van der Waals surface area contributed by atoms with Crippen molar-refractivity contribution in [1.82, 2.24) is 15.0 Å². The molecule has 0 aromatic carbocycles. The van der Waals surface area contributed by atoms with Crippen LogP contribution in [0, 0.1) is 0 Å². The molecule has 0 bridgehead atoms. The lowest BCUT2D eigenvalue weighted by atomic mass is 10.0. The summed E-state index contributed by atoms with van der Waals surface area (Å²) in [5, 5.41) is 11.5. The van der Waals surface area contributed by atoms with Crippen LogP contribution in [0.15, 0.2) is 38.5 Å². The lowest BCUT2D eigenvalue weighted by Crippen LogP contribution is -2.26. The van der Waals surface area contributed by atoms with Crippen LogP contribution in [0.5, 0.6) is 5.88 Å². The number of hydrogen-bond donors (Lipinski definition) is 2. The fourth-order valence-corrected chi connectivity index (χ4v) is 3.16. The average molecular weight is 422 g/mol. The number of carbonyl (C=O) groups excluding carboxylic acids is 1. The van der Waals surface area contributed by atoms with Gasteiger partial charge in [-0.2, -0.15) is 4.99 Å². The molecule has 0 atom stereocenters. The highest BCUT2D eigenvalue weighted by Gasteiger charge is 2.26. The lowest BCUT2D eigenvalue weighted by molar-refractivity contribution is -0.112. The van der Waals surface area contributed by atoms with Crippen molar-refractivity contribution in [2.24, 2.45) is 4.99 Å². The first-order chi connectivity index (χ1) is 10.5. The summed E-state index contributed by atoms with van der Waals surface area (Å²) in [6, 6.07) is 3.55. The van der Waals surface area contributed by atoms with Crippen molar-refractivity contribution < 1.29 is 9.90 Å². The third-order valence-electron chi connectivity index (χ3n) is 3.37. The number of halogens is 2. The van der Waals surface area contributed by atoms with Gasteiger partial charge in [0.1, 0.15) is 5.65 Å². The van der Waals surface area contributed by atoms with Gasteiger partial charge in [0.15, 0.2) is 11.4 Å². The van der Waals surface area contributed by atoms with Crippen LogP contribution >= 0.6 is 31.9 Å². The number of rotatable bonds is 1. The molecular weight excluding hydrogens is 416 g/mol. The van der Waals surface area contributed by atoms with Crippen molar-refractivity contribution in [1.29, 1.82) is 0 Å². The van der Waals surface area contributed by atoms with E-state index in [1.54, 1.807) is 24.5 Å². The maximum absolute atomic E-state index is 12.3. The number of carbonyl (C=O) groups is 1. The zero-order valence-corrected chi connectivity index (χ0v) is 13.9. The number of aromatic nitrogens is 3. The summed E-state index contributed by atoms with van der Waals surface area (Å²) in [7, 11) is 0. The first-order valence-corrected chi connectivity index (χ1v) is 7.78. The molecular formula is C14H6Br2N4O2.